The van der Waals surface area contributed by atoms with Crippen LogP contribution in [0.5, 0.6) is 0 Å². The van der Waals surface area contributed by atoms with Gasteiger partial charge in [-0.1, -0.05) is 41.9 Å². The lowest BCUT2D eigenvalue weighted by atomic mass is 10.1. The van der Waals surface area contributed by atoms with Crippen molar-refractivity contribution < 1.29 is 23.5 Å². The summed E-state index contributed by atoms with van der Waals surface area (Å²) in [5, 5.41) is 2.48. The Hall–Kier alpha value is -2.97. The average Bonchev–Trinajstić information content (AvgIpc) is 2.95. The number of primary amides is 1. The molecule has 9 heteroatoms. The SMILES string of the molecule is NC(=O)NC(=O)[C@H](OC(=O)c1sc2cc(F)ccc2c1Cl)c1ccccc1. The highest BCUT2D eigenvalue weighted by molar-refractivity contribution is 7.21. The van der Waals surface area contributed by atoms with Gasteiger partial charge in [-0.3, -0.25) is 10.1 Å². The zero-order valence-electron chi connectivity index (χ0n) is 13.6. The number of rotatable bonds is 4. The molecule has 0 saturated carbocycles. The van der Waals surface area contributed by atoms with Crippen LogP contribution in [0.1, 0.15) is 21.3 Å². The Balaban J connectivity index is 1.94. The van der Waals surface area contributed by atoms with E-state index in [1.165, 1.54) is 18.2 Å². The van der Waals surface area contributed by atoms with E-state index >= 15 is 0 Å². The number of hydrogen-bond acceptors (Lipinski definition) is 5. The zero-order chi connectivity index (χ0) is 19.6. The lowest BCUT2D eigenvalue weighted by molar-refractivity contribution is -0.129. The van der Waals surface area contributed by atoms with Gasteiger partial charge in [-0.15, -0.1) is 11.3 Å². The molecule has 0 aliphatic rings. The van der Waals surface area contributed by atoms with Crippen molar-refractivity contribution in [3.63, 3.8) is 0 Å². The maximum Gasteiger partial charge on any atom is 0.351 e. The molecule has 0 aliphatic carbocycles. The number of carbonyl (C=O) groups excluding carboxylic acids is 3. The fraction of sp³-hybridized carbons (Fsp3) is 0.0556. The molecule has 1 atom stereocenters. The highest BCUT2D eigenvalue weighted by Crippen LogP contribution is 2.37. The van der Waals surface area contributed by atoms with Crippen LogP contribution in [0.15, 0.2) is 48.5 Å². The summed E-state index contributed by atoms with van der Waals surface area (Å²) in [6.07, 6.45) is -1.41. The first kappa shape index (κ1) is 18.8. The van der Waals surface area contributed by atoms with Gasteiger partial charge in [0.05, 0.1) is 5.02 Å². The highest BCUT2D eigenvalue weighted by Gasteiger charge is 2.28. The summed E-state index contributed by atoms with van der Waals surface area (Å²) in [5.74, 6) is -2.25. The van der Waals surface area contributed by atoms with Crippen molar-refractivity contribution >= 4 is 50.9 Å². The highest BCUT2D eigenvalue weighted by atomic mass is 35.5. The minimum Gasteiger partial charge on any atom is -0.443 e. The minimum atomic E-state index is -1.41. The Morgan fingerprint density at radius 3 is 2.52 bits per heavy atom. The molecular formula is C18H12ClFN2O4S. The van der Waals surface area contributed by atoms with Crippen LogP contribution in [0, 0.1) is 5.82 Å². The molecule has 3 N–H and O–H groups in total. The summed E-state index contributed by atoms with van der Waals surface area (Å²) in [4.78, 5) is 35.9. The van der Waals surface area contributed by atoms with Crippen LogP contribution in [-0.4, -0.2) is 17.9 Å². The number of benzene rings is 2. The Labute approximate surface area is 161 Å². The van der Waals surface area contributed by atoms with Gasteiger partial charge in [0.15, 0.2) is 0 Å². The van der Waals surface area contributed by atoms with E-state index < -0.39 is 29.8 Å². The van der Waals surface area contributed by atoms with Crippen molar-refractivity contribution in [2.24, 2.45) is 5.73 Å². The van der Waals surface area contributed by atoms with Crippen molar-refractivity contribution in [3.8, 4) is 0 Å². The third-order valence-electron chi connectivity index (χ3n) is 3.59. The van der Waals surface area contributed by atoms with Crippen LogP contribution in [0.2, 0.25) is 5.02 Å². The van der Waals surface area contributed by atoms with Crippen LogP contribution in [0.4, 0.5) is 9.18 Å². The fourth-order valence-corrected chi connectivity index (χ4v) is 3.83. The first-order chi connectivity index (χ1) is 12.9. The molecule has 2 aromatic carbocycles. The number of halogens is 2. The second-order valence-corrected chi connectivity index (χ2v) is 6.87. The van der Waals surface area contributed by atoms with E-state index in [-0.39, 0.29) is 9.90 Å². The van der Waals surface area contributed by atoms with Crippen LogP contribution < -0.4 is 11.1 Å². The predicted octanol–water partition coefficient (Wildman–Crippen LogP) is 3.79. The molecule has 0 spiro atoms. The van der Waals surface area contributed by atoms with Gasteiger partial charge in [-0.05, 0) is 18.2 Å². The molecule has 0 saturated heterocycles. The number of nitrogens with two attached hydrogens (primary N) is 1. The van der Waals surface area contributed by atoms with E-state index in [0.29, 0.717) is 15.6 Å². The van der Waals surface area contributed by atoms with E-state index in [1.54, 1.807) is 30.3 Å². The van der Waals surface area contributed by atoms with Crippen molar-refractivity contribution in [2.75, 3.05) is 0 Å². The molecule has 0 radical (unpaired) electrons. The molecule has 0 aliphatic heterocycles. The van der Waals surface area contributed by atoms with Gasteiger partial charge >= 0.3 is 12.0 Å². The van der Waals surface area contributed by atoms with Crippen molar-refractivity contribution in [1.29, 1.82) is 0 Å². The number of ether oxygens (including phenoxy) is 1. The zero-order valence-corrected chi connectivity index (χ0v) is 15.1. The Kier molecular flexibility index (Phi) is 5.38. The van der Waals surface area contributed by atoms with Gasteiger partial charge in [-0.25, -0.2) is 14.0 Å². The predicted molar refractivity (Wildman–Crippen MR) is 99.1 cm³/mol. The number of urea groups is 1. The normalized spacial score (nSPS) is 11.8. The molecule has 3 rings (SSSR count). The van der Waals surface area contributed by atoms with Crippen molar-refractivity contribution in [2.45, 2.75) is 6.10 Å². The van der Waals surface area contributed by atoms with E-state index in [2.05, 4.69) is 0 Å². The number of nitrogens with one attached hydrogen (secondary N) is 1. The van der Waals surface area contributed by atoms with Gasteiger partial charge in [0, 0.05) is 15.6 Å². The minimum absolute atomic E-state index is 0.0186. The summed E-state index contributed by atoms with van der Waals surface area (Å²) < 4.78 is 19.2. The quantitative estimate of drug-likeness (QED) is 0.644. The molecule has 0 unspecified atom stereocenters. The Morgan fingerprint density at radius 1 is 1.15 bits per heavy atom. The van der Waals surface area contributed by atoms with Crippen LogP contribution in [0.25, 0.3) is 10.1 Å². The van der Waals surface area contributed by atoms with Crippen LogP contribution in [0.3, 0.4) is 0 Å². The summed E-state index contributed by atoms with van der Waals surface area (Å²) >= 11 is 7.15. The monoisotopic (exact) mass is 406 g/mol. The third kappa shape index (κ3) is 4.07. The third-order valence-corrected chi connectivity index (χ3v) is 5.23. The summed E-state index contributed by atoms with van der Waals surface area (Å²) in [5.41, 5.74) is 5.32. The number of thiophene rings is 1. The maximum atomic E-state index is 13.4. The molecule has 0 bridgehead atoms. The van der Waals surface area contributed by atoms with Crippen molar-refractivity contribution in [3.05, 3.63) is 69.8 Å². The first-order valence-electron chi connectivity index (χ1n) is 7.60. The lowest BCUT2D eigenvalue weighted by Gasteiger charge is -2.16. The van der Waals surface area contributed by atoms with Crippen molar-refractivity contribution in [1.82, 2.24) is 5.32 Å². The number of amides is 3. The molecule has 1 aromatic heterocycles. The van der Waals surface area contributed by atoms with E-state index in [4.69, 9.17) is 22.1 Å². The molecule has 6 nitrogen and oxygen atoms in total. The molecular weight excluding hydrogens is 395 g/mol. The van der Waals surface area contributed by atoms with E-state index in [9.17, 15) is 18.8 Å². The van der Waals surface area contributed by atoms with Gasteiger partial charge in [0.1, 0.15) is 10.7 Å². The van der Waals surface area contributed by atoms with Gasteiger partial charge in [0.2, 0.25) is 6.10 Å². The molecule has 3 aromatic rings. The standard InChI is InChI=1S/C18H12ClFN2O4S/c19-13-11-7-6-10(20)8-12(11)27-15(13)17(24)26-14(16(23)22-18(21)25)9-4-2-1-3-5-9/h1-8,14H,(H3,21,22,23,25)/t14-/m1/s1. The number of imide groups is 1. The molecule has 138 valence electrons. The second kappa shape index (κ2) is 7.73. The number of fused-ring (bicyclic) bond motifs is 1. The smallest absolute Gasteiger partial charge is 0.351 e. The molecule has 3 amide bonds. The molecule has 0 fully saturated rings. The van der Waals surface area contributed by atoms with E-state index in [1.807, 2.05) is 5.32 Å². The Morgan fingerprint density at radius 2 is 1.85 bits per heavy atom. The summed E-state index contributed by atoms with van der Waals surface area (Å²) in [6.45, 7) is 0. The van der Waals surface area contributed by atoms with Crippen LogP contribution in [-0.2, 0) is 9.53 Å². The van der Waals surface area contributed by atoms with Gasteiger partial charge in [-0.2, -0.15) is 0 Å². The Bertz CT molecular complexity index is 1040. The summed E-state index contributed by atoms with van der Waals surface area (Å²) in [7, 11) is 0. The first-order valence-corrected chi connectivity index (χ1v) is 8.80. The van der Waals surface area contributed by atoms with Gasteiger partial charge in [0.25, 0.3) is 5.91 Å². The lowest BCUT2D eigenvalue weighted by Crippen LogP contribution is -2.39. The van der Waals surface area contributed by atoms with Gasteiger partial charge < -0.3 is 10.5 Å². The largest absolute Gasteiger partial charge is 0.443 e. The van der Waals surface area contributed by atoms with Crippen LogP contribution >= 0.6 is 22.9 Å². The maximum absolute atomic E-state index is 13.4. The topological polar surface area (TPSA) is 98.5 Å². The number of hydrogen-bond donors (Lipinski definition) is 2. The molecule has 1 heterocycles. The fourth-order valence-electron chi connectivity index (χ4n) is 2.42. The number of esters is 1. The number of carbonyl (C=O) groups is 3. The summed E-state index contributed by atoms with van der Waals surface area (Å²) in [6, 6.07) is 11.0. The second-order valence-electron chi connectivity index (χ2n) is 5.44. The average molecular weight is 407 g/mol. The van der Waals surface area contributed by atoms with E-state index in [0.717, 1.165) is 11.3 Å². The molecule has 27 heavy (non-hydrogen) atoms.